The summed E-state index contributed by atoms with van der Waals surface area (Å²) in [6.45, 7) is 2.16. The molecule has 1 unspecified atom stereocenters. The minimum Gasteiger partial charge on any atom is -0.449 e. The minimum atomic E-state index is -1.08. The van der Waals surface area contributed by atoms with Gasteiger partial charge in [-0.3, -0.25) is 9.69 Å². The number of amides is 3. The lowest BCUT2D eigenvalue weighted by Gasteiger charge is -2.24. The number of benzene rings is 2. The first kappa shape index (κ1) is 21.8. The third kappa shape index (κ3) is 4.05. The maximum absolute atomic E-state index is 13.5. The van der Waals surface area contributed by atoms with E-state index in [1.165, 1.54) is 6.92 Å². The van der Waals surface area contributed by atoms with Crippen molar-refractivity contribution in [2.24, 2.45) is 0 Å². The molecular weight excluding hydrogens is 430 g/mol. The van der Waals surface area contributed by atoms with Crippen LogP contribution in [0.5, 0.6) is 0 Å². The summed E-state index contributed by atoms with van der Waals surface area (Å²) in [6, 6.07) is 17.1. The Labute approximate surface area is 197 Å². The van der Waals surface area contributed by atoms with Gasteiger partial charge in [0.1, 0.15) is 0 Å². The van der Waals surface area contributed by atoms with Crippen LogP contribution in [-0.2, 0) is 16.0 Å². The fraction of sp³-hybridized carbons (Fsp3) is 0.259. The Morgan fingerprint density at radius 1 is 1.09 bits per heavy atom. The zero-order valence-electron chi connectivity index (χ0n) is 18.9. The summed E-state index contributed by atoms with van der Waals surface area (Å²) in [5.74, 6) is -1.10. The largest absolute Gasteiger partial charge is 0.449 e. The first-order chi connectivity index (χ1) is 16.5. The summed E-state index contributed by atoms with van der Waals surface area (Å²) in [5, 5.41) is 3.29. The highest BCUT2D eigenvalue weighted by Gasteiger charge is 2.33. The Morgan fingerprint density at radius 3 is 2.62 bits per heavy atom. The van der Waals surface area contributed by atoms with Gasteiger partial charge in [-0.15, -0.1) is 0 Å². The molecule has 3 amide bonds. The molecule has 3 aromatic rings. The monoisotopic (exact) mass is 455 g/mol. The van der Waals surface area contributed by atoms with Crippen molar-refractivity contribution in [2.45, 2.75) is 32.3 Å². The zero-order valence-corrected chi connectivity index (χ0v) is 18.9. The molecule has 0 saturated carbocycles. The van der Waals surface area contributed by atoms with E-state index < -0.39 is 24.0 Å². The number of imide groups is 1. The molecule has 2 aliphatic rings. The molecule has 2 heterocycles. The van der Waals surface area contributed by atoms with E-state index in [9.17, 15) is 14.4 Å². The van der Waals surface area contributed by atoms with Crippen LogP contribution >= 0.6 is 0 Å². The highest BCUT2D eigenvalue weighted by Crippen LogP contribution is 2.36. The maximum Gasteiger partial charge on any atom is 0.339 e. The van der Waals surface area contributed by atoms with Gasteiger partial charge in [-0.2, -0.15) is 0 Å². The normalized spacial score (nSPS) is 17.4. The van der Waals surface area contributed by atoms with Gasteiger partial charge >= 0.3 is 12.0 Å². The third-order valence-electron chi connectivity index (χ3n) is 6.27. The predicted octanol–water partition coefficient (Wildman–Crippen LogP) is 4.21. The Kier molecular flexibility index (Phi) is 5.84. The van der Waals surface area contributed by atoms with Gasteiger partial charge in [0.2, 0.25) is 0 Å². The van der Waals surface area contributed by atoms with Gasteiger partial charge in [-0.05, 0) is 55.0 Å². The number of rotatable bonds is 4. The molecule has 7 nitrogen and oxygen atoms in total. The van der Waals surface area contributed by atoms with E-state index in [0.717, 1.165) is 40.1 Å². The number of nitrogens with one attached hydrogen (secondary N) is 1. The quantitative estimate of drug-likeness (QED) is 0.596. The van der Waals surface area contributed by atoms with Crippen molar-refractivity contribution >= 4 is 40.5 Å². The van der Waals surface area contributed by atoms with Gasteiger partial charge in [0.15, 0.2) is 6.10 Å². The standard InChI is InChI=1S/C27H25N3O4/c1-17(25(31)30-15-14-28-27(30)33)34-26(32)23-20-11-5-6-13-22(20)29-24-19(10-7-12-21(23)24)16-18-8-3-2-4-9-18/h2-6,8-9,11,13,16-17H,7,10,12,14-15H2,1H3,(H,28,33). The lowest BCUT2D eigenvalue weighted by Crippen LogP contribution is -2.42. The molecule has 2 aromatic carbocycles. The number of carbonyl (C=O) groups is 3. The molecular formula is C27H25N3O4. The van der Waals surface area contributed by atoms with E-state index in [1.54, 1.807) is 0 Å². The average molecular weight is 456 g/mol. The number of pyridine rings is 1. The van der Waals surface area contributed by atoms with Gasteiger partial charge in [0, 0.05) is 18.5 Å². The molecule has 1 aliphatic carbocycles. The molecule has 0 bridgehead atoms. The van der Waals surface area contributed by atoms with Crippen molar-refractivity contribution in [1.82, 2.24) is 15.2 Å². The highest BCUT2D eigenvalue weighted by molar-refractivity contribution is 6.08. The van der Waals surface area contributed by atoms with Gasteiger partial charge in [0.25, 0.3) is 5.91 Å². The lowest BCUT2D eigenvalue weighted by molar-refractivity contribution is -0.136. The average Bonchev–Trinajstić information content (AvgIpc) is 3.28. The van der Waals surface area contributed by atoms with Gasteiger partial charge in [0.05, 0.1) is 16.8 Å². The van der Waals surface area contributed by atoms with Crippen LogP contribution < -0.4 is 5.32 Å². The molecule has 1 saturated heterocycles. The second-order valence-electron chi connectivity index (χ2n) is 8.53. The summed E-state index contributed by atoms with van der Waals surface area (Å²) in [4.78, 5) is 44.0. The number of ether oxygens (including phenoxy) is 1. The number of carbonyl (C=O) groups excluding carboxylic acids is 3. The number of fused-ring (bicyclic) bond motifs is 2. The van der Waals surface area contributed by atoms with Crippen LogP contribution in [0, 0.1) is 0 Å². The summed E-state index contributed by atoms with van der Waals surface area (Å²) in [7, 11) is 0. The maximum atomic E-state index is 13.5. The first-order valence-corrected chi connectivity index (χ1v) is 11.5. The number of aromatic nitrogens is 1. The summed E-state index contributed by atoms with van der Waals surface area (Å²) in [5.41, 5.74) is 4.95. The molecule has 0 spiro atoms. The van der Waals surface area contributed by atoms with Crippen LogP contribution in [0.15, 0.2) is 54.6 Å². The number of urea groups is 1. The predicted molar refractivity (Wildman–Crippen MR) is 129 cm³/mol. The third-order valence-corrected chi connectivity index (χ3v) is 6.27. The summed E-state index contributed by atoms with van der Waals surface area (Å²) < 4.78 is 5.63. The van der Waals surface area contributed by atoms with Crippen molar-refractivity contribution in [3.8, 4) is 0 Å². The number of para-hydroxylation sites is 1. The fourth-order valence-corrected chi connectivity index (χ4v) is 4.63. The van der Waals surface area contributed by atoms with E-state index in [4.69, 9.17) is 9.72 Å². The Hall–Kier alpha value is -4.00. The van der Waals surface area contributed by atoms with Crippen molar-refractivity contribution in [1.29, 1.82) is 0 Å². The van der Waals surface area contributed by atoms with Crippen molar-refractivity contribution in [2.75, 3.05) is 13.1 Å². The Morgan fingerprint density at radius 2 is 1.85 bits per heavy atom. The molecule has 7 heteroatoms. The van der Waals surface area contributed by atoms with E-state index in [1.807, 2.05) is 54.6 Å². The summed E-state index contributed by atoms with van der Waals surface area (Å²) in [6.07, 6.45) is 3.48. The molecule has 5 rings (SSSR count). The Balaban J connectivity index is 1.54. The van der Waals surface area contributed by atoms with E-state index >= 15 is 0 Å². The van der Waals surface area contributed by atoms with Crippen LogP contribution in [0.4, 0.5) is 4.79 Å². The molecule has 0 radical (unpaired) electrons. The van der Waals surface area contributed by atoms with Gasteiger partial charge in [-0.25, -0.2) is 14.6 Å². The van der Waals surface area contributed by atoms with Gasteiger partial charge < -0.3 is 10.1 Å². The smallest absolute Gasteiger partial charge is 0.339 e. The zero-order chi connectivity index (χ0) is 23.7. The van der Waals surface area contributed by atoms with E-state index in [-0.39, 0.29) is 6.54 Å². The Bertz CT molecular complexity index is 1320. The van der Waals surface area contributed by atoms with E-state index in [0.29, 0.717) is 29.4 Å². The van der Waals surface area contributed by atoms with Crippen LogP contribution in [0.25, 0.3) is 22.6 Å². The van der Waals surface area contributed by atoms with Crippen molar-refractivity contribution < 1.29 is 19.1 Å². The SMILES string of the molecule is CC(OC(=O)c1c2c(nc3ccccc13)C(=Cc1ccccc1)CCC2)C(=O)N1CCNC1=O. The van der Waals surface area contributed by atoms with Crippen LogP contribution in [0.1, 0.15) is 46.9 Å². The van der Waals surface area contributed by atoms with Crippen molar-refractivity contribution in [3.63, 3.8) is 0 Å². The molecule has 1 aromatic heterocycles. The summed E-state index contributed by atoms with van der Waals surface area (Å²) >= 11 is 0. The topological polar surface area (TPSA) is 88.6 Å². The van der Waals surface area contributed by atoms with E-state index in [2.05, 4.69) is 11.4 Å². The molecule has 1 aliphatic heterocycles. The first-order valence-electron chi connectivity index (χ1n) is 11.5. The number of hydrogen-bond acceptors (Lipinski definition) is 5. The number of allylic oxidation sites excluding steroid dienone is 1. The van der Waals surface area contributed by atoms with Crippen LogP contribution in [-0.4, -0.2) is 47.0 Å². The van der Waals surface area contributed by atoms with Crippen molar-refractivity contribution in [3.05, 3.63) is 77.0 Å². The van der Waals surface area contributed by atoms with Crippen LogP contribution in [0.2, 0.25) is 0 Å². The number of hydrogen-bond donors (Lipinski definition) is 1. The fourth-order valence-electron chi connectivity index (χ4n) is 4.63. The number of esters is 1. The molecule has 1 N–H and O–H groups in total. The lowest BCUT2D eigenvalue weighted by atomic mass is 9.86. The second kappa shape index (κ2) is 9.09. The highest BCUT2D eigenvalue weighted by atomic mass is 16.5. The molecule has 34 heavy (non-hydrogen) atoms. The van der Waals surface area contributed by atoms with Crippen LogP contribution in [0.3, 0.4) is 0 Å². The number of nitrogens with zero attached hydrogens (tertiary/aromatic N) is 2. The van der Waals surface area contributed by atoms with Gasteiger partial charge in [-0.1, -0.05) is 48.5 Å². The molecule has 1 atom stereocenters. The second-order valence-corrected chi connectivity index (χ2v) is 8.53. The molecule has 172 valence electrons. The minimum absolute atomic E-state index is 0.265. The molecule has 1 fully saturated rings.